The highest BCUT2D eigenvalue weighted by Gasteiger charge is 2.05. The van der Waals surface area contributed by atoms with E-state index in [2.05, 4.69) is 36.5 Å². The van der Waals surface area contributed by atoms with Crippen LogP contribution >= 0.6 is 0 Å². The molecule has 0 aliphatic rings. The Bertz CT molecular complexity index is 556. The van der Waals surface area contributed by atoms with Crippen molar-refractivity contribution in [1.29, 1.82) is 0 Å². The normalized spacial score (nSPS) is 12.0. The zero-order valence-electron chi connectivity index (χ0n) is 13.1. The minimum absolute atomic E-state index is 0.479. The predicted molar refractivity (Wildman–Crippen MR) is 87.2 cm³/mol. The van der Waals surface area contributed by atoms with Crippen LogP contribution in [0.4, 0.5) is 0 Å². The number of ether oxygens (including phenoxy) is 2. The Morgan fingerprint density at radius 3 is 1.95 bits per heavy atom. The summed E-state index contributed by atoms with van der Waals surface area (Å²) in [6.45, 7) is 2.18. The molecule has 1 atom stereocenters. The zero-order chi connectivity index (χ0) is 15.2. The van der Waals surface area contributed by atoms with Crippen molar-refractivity contribution in [2.24, 2.45) is 0 Å². The summed E-state index contributed by atoms with van der Waals surface area (Å²) >= 11 is 0. The molecule has 0 saturated carbocycles. The van der Waals surface area contributed by atoms with Crippen LogP contribution in [0.2, 0.25) is 0 Å². The molecule has 0 aromatic heterocycles. The SMILES string of the molecule is CNC(C)Cc1ccc(-c2cc(OC)cc(OC)c2)cc1. The summed E-state index contributed by atoms with van der Waals surface area (Å²) in [5, 5.41) is 3.26. The van der Waals surface area contributed by atoms with E-state index in [0.717, 1.165) is 29.0 Å². The first kappa shape index (κ1) is 15.4. The maximum atomic E-state index is 5.32. The Kier molecular flexibility index (Phi) is 5.23. The molecule has 0 aliphatic carbocycles. The topological polar surface area (TPSA) is 30.5 Å². The van der Waals surface area contributed by atoms with Crippen LogP contribution in [0.5, 0.6) is 11.5 Å². The third-order valence-electron chi connectivity index (χ3n) is 3.67. The van der Waals surface area contributed by atoms with E-state index in [9.17, 15) is 0 Å². The van der Waals surface area contributed by atoms with Gasteiger partial charge in [0, 0.05) is 12.1 Å². The van der Waals surface area contributed by atoms with E-state index in [-0.39, 0.29) is 0 Å². The van der Waals surface area contributed by atoms with Gasteiger partial charge < -0.3 is 14.8 Å². The molecule has 2 aromatic rings. The molecule has 0 radical (unpaired) electrons. The maximum Gasteiger partial charge on any atom is 0.123 e. The Balaban J connectivity index is 2.25. The average Bonchev–Trinajstić information content (AvgIpc) is 2.54. The Morgan fingerprint density at radius 2 is 1.48 bits per heavy atom. The lowest BCUT2D eigenvalue weighted by molar-refractivity contribution is 0.394. The average molecular weight is 285 g/mol. The third-order valence-corrected chi connectivity index (χ3v) is 3.67. The number of hydrogen-bond acceptors (Lipinski definition) is 3. The number of methoxy groups -OCH3 is 2. The smallest absolute Gasteiger partial charge is 0.123 e. The molecule has 0 heterocycles. The molecule has 0 saturated heterocycles. The van der Waals surface area contributed by atoms with Crippen molar-refractivity contribution in [3.05, 3.63) is 48.0 Å². The monoisotopic (exact) mass is 285 g/mol. The quantitative estimate of drug-likeness (QED) is 0.881. The molecule has 1 unspecified atom stereocenters. The lowest BCUT2D eigenvalue weighted by Crippen LogP contribution is -2.23. The zero-order valence-corrected chi connectivity index (χ0v) is 13.1. The molecule has 0 fully saturated rings. The molecule has 2 aromatic carbocycles. The number of benzene rings is 2. The Hall–Kier alpha value is -2.00. The minimum Gasteiger partial charge on any atom is -0.497 e. The van der Waals surface area contributed by atoms with E-state index in [0.29, 0.717) is 6.04 Å². The molecule has 2 rings (SSSR count). The largest absolute Gasteiger partial charge is 0.497 e. The third kappa shape index (κ3) is 3.99. The highest BCUT2D eigenvalue weighted by Crippen LogP contribution is 2.29. The number of hydrogen-bond donors (Lipinski definition) is 1. The van der Waals surface area contributed by atoms with Gasteiger partial charge in [0.25, 0.3) is 0 Å². The van der Waals surface area contributed by atoms with Crippen LogP contribution in [0.15, 0.2) is 42.5 Å². The first-order chi connectivity index (χ1) is 10.2. The van der Waals surface area contributed by atoms with Gasteiger partial charge in [-0.1, -0.05) is 24.3 Å². The van der Waals surface area contributed by atoms with Crippen LogP contribution in [-0.2, 0) is 6.42 Å². The highest BCUT2D eigenvalue weighted by atomic mass is 16.5. The van der Waals surface area contributed by atoms with Gasteiger partial charge in [-0.3, -0.25) is 0 Å². The van der Waals surface area contributed by atoms with Gasteiger partial charge in [0.15, 0.2) is 0 Å². The van der Waals surface area contributed by atoms with Gasteiger partial charge in [-0.2, -0.15) is 0 Å². The minimum atomic E-state index is 0.479. The lowest BCUT2D eigenvalue weighted by Gasteiger charge is -2.11. The van der Waals surface area contributed by atoms with Gasteiger partial charge in [0.05, 0.1) is 14.2 Å². The van der Waals surface area contributed by atoms with Crippen molar-refractivity contribution in [2.45, 2.75) is 19.4 Å². The summed E-state index contributed by atoms with van der Waals surface area (Å²) in [7, 11) is 5.32. The predicted octanol–water partition coefficient (Wildman–Crippen LogP) is 3.52. The van der Waals surface area contributed by atoms with Crippen molar-refractivity contribution in [2.75, 3.05) is 21.3 Å². The molecule has 0 amide bonds. The van der Waals surface area contributed by atoms with Gasteiger partial charge in [-0.15, -0.1) is 0 Å². The van der Waals surface area contributed by atoms with Gasteiger partial charge in [-0.25, -0.2) is 0 Å². The fourth-order valence-corrected chi connectivity index (χ4v) is 2.26. The van der Waals surface area contributed by atoms with Gasteiger partial charge in [0.1, 0.15) is 11.5 Å². The maximum absolute atomic E-state index is 5.32. The first-order valence-electron chi connectivity index (χ1n) is 7.16. The van der Waals surface area contributed by atoms with E-state index in [1.807, 2.05) is 25.2 Å². The van der Waals surface area contributed by atoms with Crippen molar-refractivity contribution >= 4 is 0 Å². The number of likely N-dealkylation sites (N-methyl/N-ethyl adjacent to an activating group) is 1. The second kappa shape index (κ2) is 7.14. The second-order valence-corrected chi connectivity index (χ2v) is 5.19. The van der Waals surface area contributed by atoms with Gasteiger partial charge in [-0.05, 0) is 49.2 Å². The van der Waals surface area contributed by atoms with Crippen molar-refractivity contribution in [3.63, 3.8) is 0 Å². The van der Waals surface area contributed by atoms with Crippen molar-refractivity contribution < 1.29 is 9.47 Å². The van der Waals surface area contributed by atoms with Crippen LogP contribution in [0.1, 0.15) is 12.5 Å². The highest BCUT2D eigenvalue weighted by molar-refractivity contribution is 5.67. The van der Waals surface area contributed by atoms with E-state index in [1.165, 1.54) is 5.56 Å². The summed E-state index contributed by atoms with van der Waals surface area (Å²) in [6.07, 6.45) is 1.03. The molecule has 0 bridgehead atoms. The molecule has 3 nitrogen and oxygen atoms in total. The Morgan fingerprint density at radius 1 is 0.905 bits per heavy atom. The van der Waals surface area contributed by atoms with E-state index < -0.39 is 0 Å². The Labute approximate surface area is 126 Å². The summed E-state index contributed by atoms with van der Waals surface area (Å²) in [4.78, 5) is 0. The molecule has 3 heteroatoms. The molecule has 21 heavy (non-hydrogen) atoms. The van der Waals surface area contributed by atoms with E-state index in [4.69, 9.17) is 9.47 Å². The molecule has 0 spiro atoms. The van der Waals surface area contributed by atoms with Crippen LogP contribution < -0.4 is 14.8 Å². The van der Waals surface area contributed by atoms with E-state index >= 15 is 0 Å². The van der Waals surface area contributed by atoms with Crippen LogP contribution in [0.25, 0.3) is 11.1 Å². The van der Waals surface area contributed by atoms with Gasteiger partial charge >= 0.3 is 0 Å². The standard InChI is InChI=1S/C18H23NO2/c1-13(19-2)9-14-5-7-15(8-6-14)16-10-17(20-3)12-18(11-16)21-4/h5-8,10-13,19H,9H2,1-4H3. The fraction of sp³-hybridized carbons (Fsp3) is 0.333. The second-order valence-electron chi connectivity index (χ2n) is 5.19. The molecule has 0 aliphatic heterocycles. The first-order valence-corrected chi connectivity index (χ1v) is 7.16. The summed E-state index contributed by atoms with van der Waals surface area (Å²) in [5.74, 6) is 1.61. The summed E-state index contributed by atoms with van der Waals surface area (Å²) in [5.41, 5.74) is 3.59. The van der Waals surface area contributed by atoms with Crippen LogP contribution in [-0.4, -0.2) is 27.3 Å². The summed E-state index contributed by atoms with van der Waals surface area (Å²) in [6, 6.07) is 15.0. The van der Waals surface area contributed by atoms with Crippen molar-refractivity contribution in [1.82, 2.24) is 5.32 Å². The molecule has 1 N–H and O–H groups in total. The van der Waals surface area contributed by atoms with Crippen LogP contribution in [0, 0.1) is 0 Å². The van der Waals surface area contributed by atoms with Gasteiger partial charge in [0.2, 0.25) is 0 Å². The van der Waals surface area contributed by atoms with Crippen LogP contribution in [0.3, 0.4) is 0 Å². The summed E-state index contributed by atoms with van der Waals surface area (Å²) < 4.78 is 10.6. The molecular weight excluding hydrogens is 262 g/mol. The number of rotatable bonds is 6. The van der Waals surface area contributed by atoms with Crippen molar-refractivity contribution in [3.8, 4) is 22.6 Å². The molecule has 112 valence electrons. The molecular formula is C18H23NO2. The lowest BCUT2D eigenvalue weighted by atomic mass is 10.0. The number of nitrogens with one attached hydrogen (secondary N) is 1. The fourth-order valence-electron chi connectivity index (χ4n) is 2.26. The van der Waals surface area contributed by atoms with E-state index in [1.54, 1.807) is 14.2 Å².